The summed E-state index contributed by atoms with van der Waals surface area (Å²) in [6.07, 6.45) is 4.43. The van der Waals surface area contributed by atoms with Gasteiger partial charge >= 0.3 is 0 Å². The van der Waals surface area contributed by atoms with E-state index in [1.807, 2.05) is 13.3 Å². The van der Waals surface area contributed by atoms with Gasteiger partial charge in [0.05, 0.1) is 11.1 Å². The Morgan fingerprint density at radius 3 is 2.78 bits per heavy atom. The second kappa shape index (κ2) is 2.31. The summed E-state index contributed by atoms with van der Waals surface area (Å²) in [5.41, 5.74) is 0. The maximum atomic E-state index is 10.2. The smallest absolute Gasteiger partial charge is 0.158 e. The summed E-state index contributed by atoms with van der Waals surface area (Å²) in [4.78, 5) is 11.0. The van der Waals surface area contributed by atoms with Gasteiger partial charge < -0.3 is 0 Å². The lowest BCUT2D eigenvalue weighted by Crippen LogP contribution is -2.00. The molecule has 0 aromatic heterocycles. The van der Waals surface area contributed by atoms with Crippen LogP contribution in [0.4, 0.5) is 0 Å². The zero-order valence-corrected chi connectivity index (χ0v) is 6.18. The molecule has 50 valence electrons. The quantitative estimate of drug-likeness (QED) is 0.386. The minimum atomic E-state index is -0.0957. The predicted octanol–water partition coefficient (Wildman–Crippen LogP) is 0.103. The molecule has 0 aromatic carbocycles. The molecule has 0 amide bonds. The van der Waals surface area contributed by atoms with Crippen LogP contribution >= 0.6 is 10.7 Å². The lowest BCUT2D eigenvalue weighted by atomic mass is 10.5. The fourth-order valence-electron chi connectivity index (χ4n) is 0.538. The monoisotopic (exact) mass is 144 g/mol. The maximum Gasteiger partial charge on any atom is 0.158 e. The summed E-state index contributed by atoms with van der Waals surface area (Å²) >= 11 is 0. The van der Waals surface area contributed by atoms with Gasteiger partial charge in [-0.2, -0.15) is 5.10 Å². The number of rotatable bonds is 1. The topological polar surface area (TPSA) is 32.7 Å². The number of carbonyl (C=O) groups is 1. The van der Waals surface area contributed by atoms with Gasteiger partial charge in [-0.3, -0.25) is 4.79 Å². The molecule has 0 aliphatic carbocycles. The lowest BCUT2D eigenvalue weighted by molar-refractivity contribution is -0.102. The van der Waals surface area contributed by atoms with Crippen LogP contribution in [0.5, 0.6) is 0 Å². The number of hydrazone groups is 1. The van der Waals surface area contributed by atoms with Crippen molar-refractivity contribution >= 4 is 28.0 Å². The Bertz CT molecular complexity index is 197. The molecule has 0 bridgehead atoms. The molecule has 0 saturated carbocycles. The van der Waals surface area contributed by atoms with Crippen LogP contribution in [0.25, 0.3) is 0 Å². The molecule has 1 atom stereocenters. The molecule has 9 heavy (non-hydrogen) atoms. The van der Waals surface area contributed by atoms with Crippen molar-refractivity contribution in [3.63, 3.8) is 0 Å². The van der Waals surface area contributed by atoms with Crippen molar-refractivity contribution in [2.75, 3.05) is 13.3 Å². The van der Waals surface area contributed by atoms with E-state index in [4.69, 9.17) is 0 Å². The van der Waals surface area contributed by atoms with E-state index in [0.29, 0.717) is 0 Å². The van der Waals surface area contributed by atoms with Crippen LogP contribution in [-0.2, 0) is 4.79 Å². The van der Waals surface area contributed by atoms with Crippen LogP contribution in [0.2, 0.25) is 0 Å². The molecular formula is C5H8N2OS. The number of aldehydes is 1. The molecule has 1 unspecified atom stereocenters. The number of hydrogen-bond acceptors (Lipinski definition) is 3. The first-order valence-electron chi connectivity index (χ1n) is 2.51. The first-order chi connectivity index (χ1) is 4.25. The molecule has 0 fully saturated rings. The maximum absolute atomic E-state index is 10.2. The van der Waals surface area contributed by atoms with E-state index in [9.17, 15) is 4.79 Å². The summed E-state index contributed by atoms with van der Waals surface area (Å²) in [5.74, 6) is 0. The van der Waals surface area contributed by atoms with E-state index in [2.05, 4.69) is 5.10 Å². The van der Waals surface area contributed by atoms with Crippen molar-refractivity contribution in [3.05, 3.63) is 0 Å². The molecule has 4 heteroatoms. The van der Waals surface area contributed by atoms with Crippen LogP contribution in [0, 0.1) is 0 Å². The Morgan fingerprint density at radius 2 is 2.56 bits per heavy atom. The van der Waals surface area contributed by atoms with Crippen molar-refractivity contribution in [1.29, 1.82) is 0 Å². The Morgan fingerprint density at radius 1 is 1.89 bits per heavy atom. The molecule has 0 saturated heterocycles. The number of carbonyl (C=O) groups excluding carboxylic acids is 1. The zero-order chi connectivity index (χ0) is 6.85. The summed E-state index contributed by atoms with van der Waals surface area (Å²) in [6.45, 7) is 0. The van der Waals surface area contributed by atoms with Crippen LogP contribution < -0.4 is 0 Å². The van der Waals surface area contributed by atoms with Gasteiger partial charge in [-0.15, -0.1) is 0 Å². The highest BCUT2D eigenvalue weighted by Crippen LogP contribution is 2.17. The summed E-state index contributed by atoms with van der Waals surface area (Å²) in [5, 5.41) is 3.92. The zero-order valence-electron chi connectivity index (χ0n) is 5.37. The fraction of sp³-hybridized carbons (Fsp3) is 0.400. The standard InChI is InChI=1S/C5H8N2OS/c1-7-6-3-5(4-8)9(7)2/h3-4H,1-2H3. The molecule has 1 rings (SSSR count). The molecule has 0 aromatic rings. The SMILES string of the molecule is CN1N=CC(C=O)=S1C. The number of hydrogen-bond donors (Lipinski definition) is 0. The van der Waals surface area contributed by atoms with Crippen LogP contribution in [0.15, 0.2) is 5.10 Å². The molecule has 3 nitrogen and oxygen atoms in total. The Balaban J connectivity index is 2.91. The van der Waals surface area contributed by atoms with Gasteiger partial charge in [0.1, 0.15) is 0 Å². The van der Waals surface area contributed by atoms with Crippen molar-refractivity contribution in [2.24, 2.45) is 5.10 Å². The van der Waals surface area contributed by atoms with Gasteiger partial charge in [0.25, 0.3) is 0 Å². The van der Waals surface area contributed by atoms with Crippen molar-refractivity contribution in [3.8, 4) is 0 Å². The Labute approximate surface area is 56.4 Å². The highest BCUT2D eigenvalue weighted by atomic mass is 32.2. The van der Waals surface area contributed by atoms with E-state index in [1.54, 1.807) is 10.6 Å². The second-order valence-corrected chi connectivity index (χ2v) is 3.66. The molecule has 0 radical (unpaired) electrons. The molecule has 1 aliphatic rings. The third-order valence-electron chi connectivity index (χ3n) is 1.20. The molecule has 1 heterocycles. The summed E-state index contributed by atoms with van der Waals surface area (Å²) in [7, 11) is 1.76. The Kier molecular flexibility index (Phi) is 1.66. The summed E-state index contributed by atoms with van der Waals surface area (Å²) < 4.78 is 1.78. The van der Waals surface area contributed by atoms with Crippen LogP contribution in [0.1, 0.15) is 0 Å². The van der Waals surface area contributed by atoms with E-state index in [1.165, 1.54) is 0 Å². The van der Waals surface area contributed by atoms with Gasteiger partial charge in [-0.05, 0) is 6.26 Å². The van der Waals surface area contributed by atoms with E-state index in [0.717, 1.165) is 11.2 Å². The van der Waals surface area contributed by atoms with Crippen molar-refractivity contribution in [1.82, 2.24) is 4.41 Å². The third kappa shape index (κ3) is 1.03. The first kappa shape index (κ1) is 6.48. The highest BCUT2D eigenvalue weighted by Gasteiger charge is 2.07. The first-order valence-corrected chi connectivity index (χ1v) is 4.10. The normalized spacial score (nSPS) is 25.3. The summed E-state index contributed by atoms with van der Waals surface area (Å²) in [6, 6.07) is 0. The average Bonchev–Trinajstić information content (AvgIpc) is 2.15. The van der Waals surface area contributed by atoms with E-state index < -0.39 is 0 Å². The van der Waals surface area contributed by atoms with Crippen LogP contribution in [0.3, 0.4) is 0 Å². The highest BCUT2D eigenvalue weighted by molar-refractivity contribution is 8.15. The van der Waals surface area contributed by atoms with Gasteiger partial charge in [0, 0.05) is 7.05 Å². The van der Waals surface area contributed by atoms with Crippen molar-refractivity contribution in [2.45, 2.75) is 0 Å². The lowest BCUT2D eigenvalue weighted by Gasteiger charge is -2.07. The van der Waals surface area contributed by atoms with Gasteiger partial charge in [0.15, 0.2) is 6.29 Å². The van der Waals surface area contributed by atoms with Crippen molar-refractivity contribution < 1.29 is 4.79 Å². The van der Waals surface area contributed by atoms with Gasteiger partial charge in [-0.25, -0.2) is 4.41 Å². The largest absolute Gasteiger partial charge is 0.297 e. The minimum absolute atomic E-state index is 0.0957. The predicted molar refractivity (Wildman–Crippen MR) is 40.8 cm³/mol. The minimum Gasteiger partial charge on any atom is -0.297 e. The molecule has 1 aliphatic heterocycles. The van der Waals surface area contributed by atoms with E-state index >= 15 is 0 Å². The second-order valence-electron chi connectivity index (χ2n) is 1.71. The average molecular weight is 144 g/mol. The molecule has 0 spiro atoms. The van der Waals surface area contributed by atoms with Gasteiger partial charge in [0.2, 0.25) is 0 Å². The number of nitrogens with zero attached hydrogens (tertiary/aromatic N) is 2. The third-order valence-corrected chi connectivity index (χ3v) is 2.97. The van der Waals surface area contributed by atoms with Crippen LogP contribution in [-0.4, -0.2) is 35.1 Å². The van der Waals surface area contributed by atoms with E-state index in [-0.39, 0.29) is 10.7 Å². The Hall–Kier alpha value is -0.640. The molecule has 0 N–H and O–H groups in total. The van der Waals surface area contributed by atoms with Gasteiger partial charge in [-0.1, -0.05) is 10.7 Å². The fourth-order valence-corrected chi connectivity index (χ4v) is 1.37. The molecular weight excluding hydrogens is 136 g/mol.